The lowest BCUT2D eigenvalue weighted by Gasteiger charge is -2.49. The summed E-state index contributed by atoms with van der Waals surface area (Å²) in [7, 11) is 1.55. The number of ether oxygens (including phenoxy) is 1. The second kappa shape index (κ2) is 37.9. The van der Waals surface area contributed by atoms with Crippen molar-refractivity contribution in [2.75, 3.05) is 77.8 Å². The third-order valence-corrected chi connectivity index (χ3v) is 29.3. The van der Waals surface area contributed by atoms with Gasteiger partial charge in [0.25, 0.3) is 22.6 Å². The molecular formula is C111H106Cl2F4N18O9. The van der Waals surface area contributed by atoms with E-state index < -0.39 is 57.9 Å². The van der Waals surface area contributed by atoms with Gasteiger partial charge in [-0.3, -0.25) is 72.1 Å². The summed E-state index contributed by atoms with van der Waals surface area (Å²) in [6, 6.07) is 32.3. The number of nitrogens with one attached hydrogen (secondary N) is 2. The van der Waals surface area contributed by atoms with Crippen LogP contribution in [0.4, 0.5) is 46.0 Å². The van der Waals surface area contributed by atoms with Gasteiger partial charge in [0.15, 0.2) is 17.1 Å². The average molecular weight is 1980 g/mol. The molecule has 2 N–H and O–H groups in total. The second-order valence-corrected chi connectivity index (χ2v) is 39.8. The lowest BCUT2D eigenvalue weighted by molar-refractivity contribution is -0.132. The first-order chi connectivity index (χ1) is 68.9. The minimum Gasteiger partial charge on any atom is -0.486 e. The number of aromatic nitrogens is 10. The number of carbonyl (C=O) groups is 5. The highest BCUT2D eigenvalue weighted by Crippen LogP contribution is 2.51. The molecule has 3 saturated heterocycles. The number of benzene rings is 6. The number of rotatable bonds is 13. The van der Waals surface area contributed by atoms with Gasteiger partial charge in [-0.05, 0) is 171 Å². The molecule has 6 aromatic carbocycles. The number of aryl methyl sites for hydroxylation is 3. The van der Waals surface area contributed by atoms with E-state index in [0.29, 0.717) is 135 Å². The normalized spacial score (nSPS) is 17.7. The van der Waals surface area contributed by atoms with E-state index >= 15 is 22.4 Å². The Hall–Kier alpha value is -15.2. The Morgan fingerprint density at radius 3 is 1.49 bits per heavy atom. The number of aromatic amines is 1. The highest BCUT2D eigenvalue weighted by atomic mass is 35.5. The van der Waals surface area contributed by atoms with Crippen molar-refractivity contribution in [2.45, 2.75) is 163 Å². The maximum Gasteiger partial charge on any atom is 0.300 e. The van der Waals surface area contributed by atoms with Crippen molar-refractivity contribution in [3.05, 3.63) is 288 Å². The zero-order chi connectivity index (χ0) is 102. The van der Waals surface area contributed by atoms with Crippen LogP contribution in [0.2, 0.25) is 10.0 Å². The van der Waals surface area contributed by atoms with Gasteiger partial charge in [-0.15, -0.1) is 0 Å². The van der Waals surface area contributed by atoms with E-state index in [9.17, 15) is 33.6 Å². The van der Waals surface area contributed by atoms with E-state index in [1.807, 2.05) is 167 Å². The number of anilines is 5. The molecule has 33 heteroatoms. The molecule has 21 rings (SSSR count). The quantitative estimate of drug-likeness (QED) is 0.0801. The van der Waals surface area contributed by atoms with Crippen LogP contribution in [-0.4, -0.2) is 182 Å². The van der Waals surface area contributed by atoms with Crippen LogP contribution in [0.15, 0.2) is 198 Å². The smallest absolute Gasteiger partial charge is 0.300 e. The van der Waals surface area contributed by atoms with E-state index in [-0.39, 0.29) is 161 Å². The van der Waals surface area contributed by atoms with Gasteiger partial charge in [0, 0.05) is 135 Å². The van der Waals surface area contributed by atoms with Crippen LogP contribution in [0, 0.1) is 44.0 Å². The van der Waals surface area contributed by atoms with Gasteiger partial charge in [0.1, 0.15) is 52.3 Å². The Balaban J connectivity index is 0.000000137. The van der Waals surface area contributed by atoms with Crippen LogP contribution in [-0.2, 0) is 24.0 Å². The summed E-state index contributed by atoms with van der Waals surface area (Å²) in [6.45, 7) is 39.5. The van der Waals surface area contributed by atoms with E-state index in [1.54, 1.807) is 94.8 Å². The number of nitrogens with zero attached hydrogens (tertiary/aromatic N) is 16. The van der Waals surface area contributed by atoms with Crippen molar-refractivity contribution in [1.82, 2.24) is 63.5 Å². The summed E-state index contributed by atoms with van der Waals surface area (Å²) in [4.78, 5) is 146. The number of amides is 5. The Morgan fingerprint density at radius 1 is 0.486 bits per heavy atom. The lowest BCUT2D eigenvalue weighted by atomic mass is 9.93. The molecule has 27 nitrogen and oxygen atoms in total. The van der Waals surface area contributed by atoms with Crippen molar-refractivity contribution in [3.63, 3.8) is 0 Å². The fourth-order valence-corrected chi connectivity index (χ4v) is 22.4. The number of carbonyl (C=O) groups excluding carboxylic acids is 5. The number of fused-ring (bicyclic) bond motifs is 18. The number of hydrogen-bond acceptors (Lipinski definition) is 18. The van der Waals surface area contributed by atoms with Gasteiger partial charge in [-0.2, -0.15) is 5.10 Å². The number of H-pyrrole nitrogens is 1. The molecule has 6 unspecified atom stereocenters. The molecule has 5 amide bonds. The van der Waals surface area contributed by atoms with Crippen LogP contribution in [0.5, 0.6) is 5.75 Å². The van der Waals surface area contributed by atoms with Crippen molar-refractivity contribution in [3.8, 4) is 56.5 Å². The molecule has 0 aliphatic carbocycles. The van der Waals surface area contributed by atoms with Gasteiger partial charge in [0.05, 0.1) is 99.7 Å². The van der Waals surface area contributed by atoms with Gasteiger partial charge < -0.3 is 44.4 Å². The third kappa shape index (κ3) is 16.0. The maximum absolute atomic E-state index is 17.8. The van der Waals surface area contributed by atoms with Crippen molar-refractivity contribution >= 4 is 147 Å². The summed E-state index contributed by atoms with van der Waals surface area (Å²) < 4.78 is 78.5. The fraction of sp³-hybridized carbons (Fsp3) is 0.297. The maximum atomic E-state index is 17.8. The Kier molecular flexibility index (Phi) is 25.7. The zero-order valence-electron chi connectivity index (χ0n) is 82.2. The topological polar surface area (TPSA) is 288 Å². The fourth-order valence-electron chi connectivity index (χ4n) is 21.8. The Labute approximate surface area is 836 Å². The van der Waals surface area contributed by atoms with Crippen LogP contribution in [0.25, 0.3) is 116 Å². The van der Waals surface area contributed by atoms with Gasteiger partial charge >= 0.3 is 0 Å². The molecule has 6 aliphatic rings. The highest BCUT2D eigenvalue weighted by molar-refractivity contribution is 6.37. The number of halogens is 6. The third-order valence-electron chi connectivity index (χ3n) is 28.7. The highest BCUT2D eigenvalue weighted by Gasteiger charge is 2.49. The van der Waals surface area contributed by atoms with E-state index in [1.165, 1.54) is 55.0 Å². The molecule has 0 bridgehead atoms. The van der Waals surface area contributed by atoms with Crippen LogP contribution in [0.1, 0.15) is 146 Å². The van der Waals surface area contributed by atoms with E-state index in [0.717, 1.165) is 27.5 Å². The first kappa shape index (κ1) is 97.6. The first-order valence-corrected chi connectivity index (χ1v) is 48.8. The van der Waals surface area contributed by atoms with E-state index in [2.05, 4.69) is 45.2 Å². The largest absolute Gasteiger partial charge is 0.486 e. The van der Waals surface area contributed by atoms with Gasteiger partial charge in [-0.1, -0.05) is 165 Å². The summed E-state index contributed by atoms with van der Waals surface area (Å²) in [5.41, 5.74) is 8.27. The molecule has 0 spiro atoms. The predicted octanol–water partition coefficient (Wildman–Crippen LogP) is 19.9. The number of likely N-dealkylation sites (N-methyl/N-ethyl adjacent to an activating group) is 1. The zero-order valence-corrected chi connectivity index (χ0v) is 83.7. The summed E-state index contributed by atoms with van der Waals surface area (Å²) >= 11 is 13.3. The summed E-state index contributed by atoms with van der Waals surface area (Å²) in [5.74, 6) is -4.73. The van der Waals surface area contributed by atoms with Crippen LogP contribution in [0.3, 0.4) is 0 Å². The molecule has 15 heterocycles. The van der Waals surface area contributed by atoms with Gasteiger partial charge in [0.2, 0.25) is 29.4 Å². The standard InChI is InChI=1S/C38H40F2N6O3.C37H34ClFN6O3.C36H32ClFN6O3/c1-8-29(47)44-18-23-12-14-49-37-36(45(23)17-22(44)7)25-15-27(39)31(30-21(6)9-10-28-26(30)16-42-43-28)32(40)34(25)46(38(37)48)35-24(19(2)3)11-13-41-33(35)20(4)5;1-7-28(46)43-18-27-36(47)42(6)34-33(44(27)17-21(43)5)24-16-26(39)31(23-12-8-10-22-11-9-13-25(38)29(22)23)41-35(24)45(37(34)48)32-20(4)14-15-40-30(32)19(2)3;1-6-27(45)42-17-26-35(46)41-31-33(43(26)16-20(42)5)23-15-25(38)30(22-11-7-9-21-10-8-12-24(37)28(21)22)40-34(23)44(36(31)47)32-19(4)13-14-39-29(32)18(2)3/h8-11,13,15-16,19-20,22-23H,1,12,14,17-18H2,2-7H3,(H,42,43);7-16,19,21,27H,1,17-18H2,2-6H3;6-15,18,20,26H,1,16-17H2,2-5H3,(H,41,46). The van der Waals surface area contributed by atoms with Crippen LogP contribution >= 0.6 is 23.2 Å². The Bertz CT molecular complexity index is 8180. The predicted molar refractivity (Wildman–Crippen MR) is 559 cm³/mol. The van der Waals surface area contributed by atoms with Crippen molar-refractivity contribution in [1.29, 1.82) is 0 Å². The SMILES string of the molecule is C=CC(=O)N1CC2C(=O)N(C)c3c(c4cc(F)c(-c5cccc6cccc(Cl)c56)nc4n(-c4c(C)ccnc4C(C)C)c3=O)N2CC1C.C=CC(=O)N1CC2C(=O)Nc3c(c4cc(F)c(-c5cccc6cccc(Cl)c56)nc4n(-c4c(C)ccnc4C(C)C)c3=O)N2CC1C.C=CC(=O)N1CC2CCOc3c(c4cc(F)c(-c5c(C)ccc6[nH]ncc56)c(F)c4n(-c4c(C(C)C)ccnc4C(C)C)c3=O)N2CC1C. The molecule has 736 valence electrons. The Morgan fingerprint density at radius 2 is 0.965 bits per heavy atom. The monoisotopic (exact) mass is 1980 g/mol. The van der Waals surface area contributed by atoms with Crippen LogP contribution < -0.4 is 46.3 Å². The molecule has 144 heavy (non-hydrogen) atoms. The minimum atomic E-state index is -0.866. The molecule has 15 aromatic rings. The molecule has 0 radical (unpaired) electrons. The van der Waals surface area contributed by atoms with Crippen molar-refractivity contribution < 1.29 is 46.3 Å². The number of hydrogen-bond donors (Lipinski definition) is 2. The molecule has 0 saturated carbocycles. The van der Waals surface area contributed by atoms with E-state index in [4.69, 9.17) is 42.9 Å². The summed E-state index contributed by atoms with van der Waals surface area (Å²) in [5, 5.41) is 15.1. The number of pyridine rings is 8. The second-order valence-electron chi connectivity index (χ2n) is 39.0. The molecule has 6 atom stereocenters. The molecule has 3 fully saturated rings. The molecule has 6 aliphatic heterocycles. The van der Waals surface area contributed by atoms with Gasteiger partial charge in [-0.25, -0.2) is 27.5 Å². The molecule has 9 aromatic heterocycles. The first-order valence-electron chi connectivity index (χ1n) is 48.1. The van der Waals surface area contributed by atoms with Crippen molar-refractivity contribution in [2.24, 2.45) is 0 Å². The lowest BCUT2D eigenvalue weighted by Crippen LogP contribution is -2.66. The summed E-state index contributed by atoms with van der Waals surface area (Å²) in [6.07, 6.45) is 10.9. The minimum absolute atomic E-state index is 0.0227. The molecular weight excluding hydrogens is 1880 g/mol. The average Bonchev–Trinajstić information content (AvgIpc) is 0.854. The number of piperazine rings is 3.